The molecule has 0 bridgehead atoms. The zero-order valence-corrected chi connectivity index (χ0v) is 17.4. The van der Waals surface area contributed by atoms with Crippen molar-refractivity contribution in [2.45, 2.75) is 45.3 Å². The number of fused-ring (bicyclic) bond motifs is 1. The molecular formula is C22H26N6O3. The molecule has 3 N–H and O–H groups in total. The monoisotopic (exact) mass is 422 g/mol. The maximum Gasteiger partial charge on any atom is 0.407 e. The van der Waals surface area contributed by atoms with Gasteiger partial charge in [-0.25, -0.2) is 14.8 Å². The van der Waals surface area contributed by atoms with E-state index in [1.165, 1.54) is 6.33 Å². The van der Waals surface area contributed by atoms with Crippen molar-refractivity contribution in [3.63, 3.8) is 0 Å². The molecule has 4 rings (SSSR count). The van der Waals surface area contributed by atoms with Gasteiger partial charge >= 0.3 is 6.09 Å². The van der Waals surface area contributed by atoms with E-state index in [0.29, 0.717) is 22.8 Å². The summed E-state index contributed by atoms with van der Waals surface area (Å²) in [6, 6.07) is 9.57. The van der Waals surface area contributed by atoms with Crippen molar-refractivity contribution >= 4 is 28.9 Å². The smallest absolute Gasteiger partial charge is 0.407 e. The number of hydrogen-bond donors (Lipinski definition) is 3. The maximum atomic E-state index is 12.7. The van der Waals surface area contributed by atoms with Crippen LogP contribution in [0.15, 0.2) is 42.9 Å². The first-order valence-corrected chi connectivity index (χ1v) is 10.5. The molecule has 31 heavy (non-hydrogen) atoms. The molecule has 1 fully saturated rings. The van der Waals surface area contributed by atoms with Crippen LogP contribution in [-0.4, -0.2) is 38.2 Å². The summed E-state index contributed by atoms with van der Waals surface area (Å²) in [6.07, 6.45) is 5.85. The minimum Gasteiger partial charge on any atom is -0.445 e. The Balaban J connectivity index is 1.23. The first kappa shape index (κ1) is 20.8. The van der Waals surface area contributed by atoms with E-state index in [1.807, 2.05) is 37.3 Å². The molecule has 9 nitrogen and oxygen atoms in total. The second-order valence-corrected chi connectivity index (χ2v) is 7.95. The van der Waals surface area contributed by atoms with Gasteiger partial charge in [0, 0.05) is 12.0 Å². The molecule has 1 aromatic carbocycles. The van der Waals surface area contributed by atoms with Crippen molar-refractivity contribution in [3.05, 3.63) is 48.4 Å². The number of ether oxygens (including phenoxy) is 1. The van der Waals surface area contributed by atoms with Gasteiger partial charge in [-0.05, 0) is 44.1 Å². The number of benzene rings is 1. The summed E-state index contributed by atoms with van der Waals surface area (Å²) in [6.45, 7) is 2.24. The Morgan fingerprint density at radius 1 is 1.16 bits per heavy atom. The molecule has 1 atom stereocenters. The van der Waals surface area contributed by atoms with E-state index in [2.05, 4.69) is 30.8 Å². The second kappa shape index (κ2) is 9.55. The number of nitrogens with one attached hydrogen (secondary N) is 3. The van der Waals surface area contributed by atoms with Crippen LogP contribution >= 0.6 is 0 Å². The highest BCUT2D eigenvalue weighted by Gasteiger charge is 2.30. The van der Waals surface area contributed by atoms with Crippen LogP contribution < -0.4 is 10.6 Å². The lowest BCUT2D eigenvalue weighted by Gasteiger charge is -2.31. The highest BCUT2D eigenvalue weighted by Crippen LogP contribution is 2.32. The number of carbonyl (C=O) groups is 2. The fourth-order valence-electron chi connectivity index (χ4n) is 4.03. The van der Waals surface area contributed by atoms with Crippen LogP contribution in [0.25, 0.3) is 11.0 Å². The van der Waals surface area contributed by atoms with Crippen molar-refractivity contribution in [2.75, 3.05) is 5.32 Å². The molecule has 0 saturated heterocycles. The van der Waals surface area contributed by atoms with Crippen LogP contribution in [0.3, 0.4) is 0 Å². The lowest BCUT2D eigenvalue weighted by Crippen LogP contribution is -2.40. The van der Waals surface area contributed by atoms with Crippen molar-refractivity contribution in [1.29, 1.82) is 0 Å². The Hall–Kier alpha value is -3.49. The van der Waals surface area contributed by atoms with Crippen molar-refractivity contribution in [3.8, 4) is 0 Å². The standard InChI is InChI=1S/C22H26N6O3/c1-14(26-22(30)31-12-15-5-3-2-4-6-15)16-7-9-17(10-8-16)21(29)27-19-18-11-25-28-20(18)24-13-23-19/h2-6,11,13-14,16-17H,7-10,12H2,1H3,(H,26,30)(H2,23,24,25,27,28,29). The molecule has 1 aliphatic carbocycles. The second-order valence-electron chi connectivity index (χ2n) is 7.95. The third-order valence-corrected chi connectivity index (χ3v) is 5.90. The molecule has 0 spiro atoms. The van der Waals surface area contributed by atoms with E-state index in [4.69, 9.17) is 4.74 Å². The van der Waals surface area contributed by atoms with Gasteiger partial charge in [-0.3, -0.25) is 9.89 Å². The molecule has 2 heterocycles. The molecule has 0 radical (unpaired) electrons. The summed E-state index contributed by atoms with van der Waals surface area (Å²) >= 11 is 0. The molecule has 0 aliphatic heterocycles. The maximum absolute atomic E-state index is 12.7. The van der Waals surface area contributed by atoms with Gasteiger partial charge in [0.2, 0.25) is 5.91 Å². The topological polar surface area (TPSA) is 122 Å². The van der Waals surface area contributed by atoms with Crippen LogP contribution in [0, 0.1) is 11.8 Å². The van der Waals surface area contributed by atoms with E-state index in [9.17, 15) is 9.59 Å². The van der Waals surface area contributed by atoms with Crippen LogP contribution in [0.1, 0.15) is 38.2 Å². The summed E-state index contributed by atoms with van der Waals surface area (Å²) in [4.78, 5) is 33.1. The normalized spacial score (nSPS) is 19.5. The molecule has 2 aromatic heterocycles. The minimum atomic E-state index is -0.413. The molecular weight excluding hydrogens is 396 g/mol. The molecule has 1 saturated carbocycles. The summed E-state index contributed by atoms with van der Waals surface area (Å²) in [5.41, 5.74) is 1.54. The number of amides is 2. The quantitative estimate of drug-likeness (QED) is 0.560. The van der Waals surface area contributed by atoms with Crippen LogP contribution in [0.5, 0.6) is 0 Å². The molecule has 3 aromatic rings. The Labute approximate surface area is 180 Å². The number of nitrogens with zero attached hydrogens (tertiary/aromatic N) is 3. The average Bonchev–Trinajstić information content (AvgIpc) is 3.28. The number of aromatic nitrogens is 4. The summed E-state index contributed by atoms with van der Waals surface area (Å²) in [5.74, 6) is 0.669. The number of rotatable bonds is 6. The minimum absolute atomic E-state index is 0.0142. The fourth-order valence-corrected chi connectivity index (χ4v) is 4.03. The van der Waals surface area contributed by atoms with Gasteiger partial charge in [0.1, 0.15) is 18.8 Å². The third kappa shape index (κ3) is 5.17. The Kier molecular flexibility index (Phi) is 6.40. The van der Waals surface area contributed by atoms with Gasteiger partial charge < -0.3 is 15.4 Å². The summed E-state index contributed by atoms with van der Waals surface area (Å²) < 4.78 is 5.31. The van der Waals surface area contributed by atoms with E-state index >= 15 is 0 Å². The van der Waals surface area contributed by atoms with Gasteiger partial charge in [0.05, 0.1) is 11.6 Å². The van der Waals surface area contributed by atoms with Gasteiger partial charge in [-0.15, -0.1) is 0 Å². The number of H-pyrrole nitrogens is 1. The molecule has 1 unspecified atom stereocenters. The molecule has 1 aliphatic rings. The van der Waals surface area contributed by atoms with Crippen molar-refractivity contribution < 1.29 is 14.3 Å². The number of carbonyl (C=O) groups excluding carboxylic acids is 2. The van der Waals surface area contributed by atoms with Gasteiger partial charge in [-0.1, -0.05) is 30.3 Å². The van der Waals surface area contributed by atoms with Crippen molar-refractivity contribution in [2.24, 2.45) is 11.8 Å². The fraction of sp³-hybridized carbons (Fsp3) is 0.409. The predicted octanol–water partition coefficient (Wildman–Crippen LogP) is 3.41. The van der Waals surface area contributed by atoms with E-state index in [1.54, 1.807) is 6.20 Å². The third-order valence-electron chi connectivity index (χ3n) is 5.90. The zero-order valence-electron chi connectivity index (χ0n) is 17.4. The summed E-state index contributed by atoms with van der Waals surface area (Å²) in [5, 5.41) is 13.2. The Morgan fingerprint density at radius 3 is 2.71 bits per heavy atom. The van der Waals surface area contributed by atoms with E-state index < -0.39 is 6.09 Å². The highest BCUT2D eigenvalue weighted by molar-refractivity contribution is 5.98. The van der Waals surface area contributed by atoms with Gasteiger partial charge in [-0.2, -0.15) is 5.10 Å². The Bertz CT molecular complexity index is 1030. The first-order chi connectivity index (χ1) is 15.1. The van der Waals surface area contributed by atoms with Crippen LogP contribution in [0.4, 0.5) is 10.6 Å². The van der Waals surface area contributed by atoms with E-state index in [-0.39, 0.29) is 24.5 Å². The number of alkyl carbamates (subject to hydrolysis) is 1. The summed E-state index contributed by atoms with van der Waals surface area (Å²) in [7, 11) is 0. The zero-order chi connectivity index (χ0) is 21.6. The molecule has 162 valence electrons. The van der Waals surface area contributed by atoms with Gasteiger partial charge in [0.25, 0.3) is 0 Å². The number of hydrogen-bond acceptors (Lipinski definition) is 6. The highest BCUT2D eigenvalue weighted by atomic mass is 16.5. The molecule has 9 heteroatoms. The first-order valence-electron chi connectivity index (χ1n) is 10.5. The van der Waals surface area contributed by atoms with Crippen molar-refractivity contribution in [1.82, 2.24) is 25.5 Å². The van der Waals surface area contributed by atoms with Crippen LogP contribution in [0.2, 0.25) is 0 Å². The number of aromatic amines is 1. The molecule has 2 amide bonds. The lowest BCUT2D eigenvalue weighted by atomic mass is 9.78. The van der Waals surface area contributed by atoms with Crippen LogP contribution in [-0.2, 0) is 16.1 Å². The Morgan fingerprint density at radius 2 is 1.94 bits per heavy atom. The number of anilines is 1. The average molecular weight is 422 g/mol. The van der Waals surface area contributed by atoms with E-state index in [0.717, 1.165) is 31.2 Å². The SMILES string of the molecule is CC(NC(=O)OCc1ccccc1)C1CCC(C(=O)Nc2ncnc3[nH]ncc23)CC1. The van der Waals surface area contributed by atoms with Gasteiger partial charge in [0.15, 0.2) is 5.65 Å². The lowest BCUT2D eigenvalue weighted by molar-refractivity contribution is -0.121. The largest absolute Gasteiger partial charge is 0.445 e. The predicted molar refractivity (Wildman–Crippen MR) is 115 cm³/mol.